The molecule has 1 atom stereocenters. The van der Waals surface area contributed by atoms with Gasteiger partial charge in [-0.3, -0.25) is 0 Å². The Bertz CT molecular complexity index is 952. The van der Waals surface area contributed by atoms with Gasteiger partial charge < -0.3 is 14.8 Å². The fourth-order valence-corrected chi connectivity index (χ4v) is 3.87. The Morgan fingerprint density at radius 2 is 2.21 bits per heavy atom. The van der Waals surface area contributed by atoms with E-state index in [0.717, 1.165) is 29.9 Å². The van der Waals surface area contributed by atoms with Gasteiger partial charge >= 0.3 is 5.97 Å². The van der Waals surface area contributed by atoms with Crippen molar-refractivity contribution >= 4 is 23.2 Å². The second kappa shape index (κ2) is 8.72. The highest BCUT2D eigenvalue weighted by atomic mass is 32.2. The molecule has 1 saturated heterocycles. The molecular weight excluding hydrogens is 376 g/mol. The average Bonchev–Trinajstić information content (AvgIpc) is 3.21. The first-order chi connectivity index (χ1) is 13.7. The predicted molar refractivity (Wildman–Crippen MR) is 107 cm³/mol. The van der Waals surface area contributed by atoms with E-state index in [4.69, 9.17) is 14.5 Å². The van der Waals surface area contributed by atoms with Crippen LogP contribution in [-0.2, 0) is 15.2 Å². The Labute approximate surface area is 167 Å². The highest BCUT2D eigenvalue weighted by Gasteiger charge is 2.21. The zero-order valence-electron chi connectivity index (χ0n) is 15.6. The number of carbonyl (C=O) groups is 1. The summed E-state index contributed by atoms with van der Waals surface area (Å²) in [6, 6.07) is 11.4. The van der Waals surface area contributed by atoms with Gasteiger partial charge in [-0.25, -0.2) is 14.3 Å². The van der Waals surface area contributed by atoms with Crippen LogP contribution in [0.3, 0.4) is 0 Å². The molecule has 8 heteroatoms. The first-order valence-electron chi connectivity index (χ1n) is 9.31. The Morgan fingerprint density at radius 3 is 2.96 bits per heavy atom. The number of nitrogens with one attached hydrogen (secondary N) is 1. The smallest absolute Gasteiger partial charge is 0.338 e. The van der Waals surface area contributed by atoms with E-state index in [9.17, 15) is 4.79 Å². The second-order valence-corrected chi connectivity index (χ2v) is 7.33. The number of rotatable bonds is 6. The molecule has 3 heterocycles. The van der Waals surface area contributed by atoms with E-state index < -0.39 is 0 Å². The third-order valence-corrected chi connectivity index (χ3v) is 5.37. The van der Waals surface area contributed by atoms with Gasteiger partial charge in [-0.1, -0.05) is 23.9 Å². The zero-order chi connectivity index (χ0) is 19.3. The molecule has 0 saturated carbocycles. The zero-order valence-corrected chi connectivity index (χ0v) is 16.4. The lowest BCUT2D eigenvalue weighted by atomic mass is 10.1. The molecule has 7 nitrogen and oxygen atoms in total. The van der Waals surface area contributed by atoms with E-state index in [-0.39, 0.29) is 12.1 Å². The first kappa shape index (κ1) is 18.9. The van der Waals surface area contributed by atoms with Crippen LogP contribution in [0, 0.1) is 0 Å². The quantitative estimate of drug-likeness (QED) is 0.505. The van der Waals surface area contributed by atoms with Gasteiger partial charge in [0.2, 0.25) is 5.16 Å². The summed E-state index contributed by atoms with van der Waals surface area (Å²) in [7, 11) is 0. The van der Waals surface area contributed by atoms with E-state index in [1.165, 1.54) is 0 Å². The molecular formula is C20H22N4O3S. The standard InChI is InChI=1S/C20H22N4O3S/c1-2-26-19(25)15-7-5-14(6-8-15)13-28-20-22-18(17-12-21-9-11-27-17)16-4-3-10-24(16)23-20/h3-8,10,17,21H,2,9,11-13H2,1H3. The van der Waals surface area contributed by atoms with E-state index >= 15 is 0 Å². The number of carbonyl (C=O) groups excluding carboxylic acids is 1. The summed E-state index contributed by atoms with van der Waals surface area (Å²) in [5, 5.41) is 8.64. The van der Waals surface area contributed by atoms with Crippen LogP contribution in [0.15, 0.2) is 47.8 Å². The largest absolute Gasteiger partial charge is 0.462 e. The van der Waals surface area contributed by atoms with Crippen LogP contribution in [0.4, 0.5) is 0 Å². The summed E-state index contributed by atoms with van der Waals surface area (Å²) in [6.45, 7) is 4.46. The molecule has 1 N–H and O–H groups in total. The van der Waals surface area contributed by atoms with Crippen molar-refractivity contribution in [3.8, 4) is 0 Å². The summed E-state index contributed by atoms with van der Waals surface area (Å²) < 4.78 is 12.8. The molecule has 0 radical (unpaired) electrons. The molecule has 1 aliphatic rings. The summed E-state index contributed by atoms with van der Waals surface area (Å²) in [6.07, 6.45) is 1.85. The summed E-state index contributed by atoms with van der Waals surface area (Å²) >= 11 is 1.56. The van der Waals surface area contributed by atoms with Crippen molar-refractivity contribution in [2.24, 2.45) is 0 Å². The number of morpholine rings is 1. The van der Waals surface area contributed by atoms with Crippen LogP contribution >= 0.6 is 11.8 Å². The van der Waals surface area contributed by atoms with Crippen LogP contribution in [0.2, 0.25) is 0 Å². The average molecular weight is 398 g/mol. The van der Waals surface area contributed by atoms with Gasteiger partial charge in [0.05, 0.1) is 30.0 Å². The Morgan fingerprint density at radius 1 is 1.36 bits per heavy atom. The van der Waals surface area contributed by atoms with Crippen LogP contribution in [0.5, 0.6) is 0 Å². The summed E-state index contributed by atoms with van der Waals surface area (Å²) in [5.41, 5.74) is 3.53. The number of hydrogen-bond acceptors (Lipinski definition) is 7. The van der Waals surface area contributed by atoms with Gasteiger partial charge in [-0.05, 0) is 36.8 Å². The van der Waals surface area contributed by atoms with E-state index in [0.29, 0.717) is 29.7 Å². The van der Waals surface area contributed by atoms with Gasteiger partial charge in [-0.15, -0.1) is 5.10 Å². The highest BCUT2D eigenvalue weighted by Crippen LogP contribution is 2.26. The van der Waals surface area contributed by atoms with Gasteiger partial charge in [-0.2, -0.15) is 0 Å². The van der Waals surface area contributed by atoms with Crippen LogP contribution in [0.25, 0.3) is 5.52 Å². The Kier molecular flexibility index (Phi) is 5.90. The van der Waals surface area contributed by atoms with Gasteiger partial charge in [0.1, 0.15) is 6.10 Å². The molecule has 2 aromatic heterocycles. The fraction of sp³-hybridized carbons (Fsp3) is 0.350. The maximum absolute atomic E-state index is 11.8. The first-order valence-corrected chi connectivity index (χ1v) is 10.3. The monoisotopic (exact) mass is 398 g/mol. The number of thioether (sulfide) groups is 1. The maximum atomic E-state index is 11.8. The highest BCUT2D eigenvalue weighted by molar-refractivity contribution is 7.98. The summed E-state index contributed by atoms with van der Waals surface area (Å²) in [5.74, 6) is 0.410. The minimum Gasteiger partial charge on any atom is -0.462 e. The third-order valence-electron chi connectivity index (χ3n) is 4.47. The molecule has 0 spiro atoms. The molecule has 1 aliphatic heterocycles. The molecule has 0 bridgehead atoms. The predicted octanol–water partition coefficient (Wildman–Crippen LogP) is 2.86. The maximum Gasteiger partial charge on any atom is 0.338 e. The molecule has 146 valence electrons. The van der Waals surface area contributed by atoms with Crippen LogP contribution < -0.4 is 5.32 Å². The molecule has 0 aliphatic carbocycles. The van der Waals surface area contributed by atoms with Crippen molar-refractivity contribution in [2.45, 2.75) is 23.9 Å². The van der Waals surface area contributed by atoms with Crippen molar-refractivity contribution in [1.29, 1.82) is 0 Å². The Hall–Kier alpha value is -2.42. The number of nitrogens with zero attached hydrogens (tertiary/aromatic N) is 3. The summed E-state index contributed by atoms with van der Waals surface area (Å²) in [4.78, 5) is 16.5. The minimum atomic E-state index is -0.297. The molecule has 0 amide bonds. The molecule has 4 rings (SSSR count). The van der Waals surface area contributed by atoms with Gasteiger partial charge in [0.15, 0.2) is 0 Å². The van der Waals surface area contributed by atoms with Crippen LogP contribution in [0.1, 0.15) is 34.6 Å². The van der Waals surface area contributed by atoms with E-state index in [2.05, 4.69) is 10.4 Å². The fourth-order valence-electron chi connectivity index (χ4n) is 3.08. The molecule has 1 aromatic carbocycles. The lowest BCUT2D eigenvalue weighted by Crippen LogP contribution is -2.34. The van der Waals surface area contributed by atoms with Crippen LogP contribution in [-0.4, -0.2) is 46.9 Å². The van der Waals surface area contributed by atoms with Crippen molar-refractivity contribution in [3.63, 3.8) is 0 Å². The molecule has 3 aromatic rings. The normalized spacial score (nSPS) is 17.0. The van der Waals surface area contributed by atoms with Crippen molar-refractivity contribution in [2.75, 3.05) is 26.3 Å². The number of aromatic nitrogens is 3. The lowest BCUT2D eigenvalue weighted by molar-refractivity contribution is 0.0252. The van der Waals surface area contributed by atoms with Crippen molar-refractivity contribution in [1.82, 2.24) is 19.9 Å². The van der Waals surface area contributed by atoms with E-state index in [1.54, 1.807) is 30.8 Å². The van der Waals surface area contributed by atoms with E-state index in [1.807, 2.05) is 35.0 Å². The number of esters is 1. The van der Waals surface area contributed by atoms with Crippen molar-refractivity contribution < 1.29 is 14.3 Å². The Balaban J connectivity index is 1.49. The number of fused-ring (bicyclic) bond motifs is 1. The number of hydrogen-bond donors (Lipinski definition) is 1. The second-order valence-electron chi connectivity index (χ2n) is 6.39. The lowest BCUT2D eigenvalue weighted by Gasteiger charge is -2.23. The van der Waals surface area contributed by atoms with Gasteiger partial charge in [0.25, 0.3) is 0 Å². The van der Waals surface area contributed by atoms with Crippen molar-refractivity contribution in [3.05, 3.63) is 59.4 Å². The van der Waals surface area contributed by atoms with Gasteiger partial charge in [0, 0.05) is 25.0 Å². The molecule has 1 fully saturated rings. The minimum absolute atomic E-state index is 0.0719. The third kappa shape index (κ3) is 4.19. The molecule has 28 heavy (non-hydrogen) atoms. The number of ether oxygens (including phenoxy) is 2. The molecule has 1 unspecified atom stereocenters. The number of benzene rings is 1. The topological polar surface area (TPSA) is 77.8 Å². The SMILES string of the molecule is CCOC(=O)c1ccc(CSc2nc(C3CNCCO3)c3cccn3n2)cc1.